The van der Waals surface area contributed by atoms with Crippen molar-refractivity contribution in [3.8, 4) is 11.5 Å². The second-order valence-electron chi connectivity index (χ2n) is 5.38. The van der Waals surface area contributed by atoms with Crippen molar-refractivity contribution in [3.05, 3.63) is 36.3 Å². The van der Waals surface area contributed by atoms with Crippen LogP contribution < -0.4 is 5.32 Å². The summed E-state index contributed by atoms with van der Waals surface area (Å²) in [7, 11) is -0.619. The molecule has 1 aromatic carbocycles. The molecular weight excluding hydrogens is 364 g/mol. The number of carbonyl (C=O) groups is 1. The van der Waals surface area contributed by atoms with Gasteiger partial charge in [0.15, 0.2) is 0 Å². The van der Waals surface area contributed by atoms with Crippen LogP contribution in [0.3, 0.4) is 0 Å². The predicted octanol–water partition coefficient (Wildman–Crippen LogP) is 0.814. The molecule has 1 aromatic heterocycles. The fourth-order valence-electron chi connectivity index (χ4n) is 2.02. The highest BCUT2D eigenvalue weighted by atomic mass is 32.2. The van der Waals surface area contributed by atoms with Crippen molar-refractivity contribution < 1.29 is 27.1 Å². The molecule has 0 saturated heterocycles. The summed E-state index contributed by atoms with van der Waals surface area (Å²) in [6.07, 6.45) is 1.21. The first-order valence-electron chi connectivity index (χ1n) is 7.50. The van der Waals surface area contributed by atoms with Gasteiger partial charge in [-0.15, -0.1) is 5.10 Å². The third-order valence-corrected chi connectivity index (χ3v) is 5.23. The van der Waals surface area contributed by atoms with Crippen LogP contribution in [-0.2, 0) is 24.3 Å². The second-order valence-corrected chi connectivity index (χ2v) is 7.53. The van der Waals surface area contributed by atoms with E-state index in [4.69, 9.17) is 13.9 Å². The van der Waals surface area contributed by atoms with E-state index in [2.05, 4.69) is 15.5 Å². The molecule has 0 atom stereocenters. The lowest BCUT2D eigenvalue weighted by Gasteiger charge is -2.13. The third-order valence-electron chi connectivity index (χ3n) is 3.40. The summed E-state index contributed by atoms with van der Waals surface area (Å²) in [5.74, 6) is -0.439. The molecule has 1 aliphatic rings. The first-order chi connectivity index (χ1) is 12.4. The number of ether oxygens (including phenoxy) is 2. The summed E-state index contributed by atoms with van der Waals surface area (Å²) in [5.41, 5.74) is 0.507. The number of nitrogens with zero attached hydrogens (tertiary/aromatic N) is 3. The fourth-order valence-corrected chi connectivity index (χ4v) is 2.92. The highest BCUT2D eigenvalue weighted by Crippen LogP contribution is 2.23. The van der Waals surface area contributed by atoms with Gasteiger partial charge in [0.1, 0.15) is 19.5 Å². The quantitative estimate of drug-likeness (QED) is 0.808. The number of hydrogen-bond acceptors (Lipinski definition) is 8. The van der Waals surface area contributed by atoms with Gasteiger partial charge in [-0.3, -0.25) is 10.1 Å². The van der Waals surface area contributed by atoms with Gasteiger partial charge in [-0.05, 0) is 24.3 Å². The largest absolute Gasteiger partial charge is 0.494 e. The normalized spacial score (nSPS) is 14.3. The molecule has 26 heavy (non-hydrogen) atoms. The Morgan fingerprint density at radius 1 is 1.15 bits per heavy atom. The van der Waals surface area contributed by atoms with Crippen LogP contribution in [0.25, 0.3) is 11.5 Å². The van der Waals surface area contributed by atoms with E-state index in [1.54, 1.807) is 0 Å². The standard InChI is InChI=1S/C15H16N4O6S/c1-19(2)26(21,22)11-5-3-10(4-6-11)14-17-18-15(25-14)16-13(20)12-9-23-7-8-24-12/h3-6,9H,7-8H2,1-2H3,(H,16,18,20). The summed E-state index contributed by atoms with van der Waals surface area (Å²) in [6.45, 7) is 0.650. The minimum atomic E-state index is -3.52. The zero-order valence-electron chi connectivity index (χ0n) is 14.0. The van der Waals surface area contributed by atoms with Crippen molar-refractivity contribution >= 4 is 21.9 Å². The number of benzene rings is 1. The van der Waals surface area contributed by atoms with Crippen LogP contribution >= 0.6 is 0 Å². The van der Waals surface area contributed by atoms with Crippen molar-refractivity contribution in [2.24, 2.45) is 0 Å². The average Bonchev–Trinajstić information content (AvgIpc) is 3.11. The number of anilines is 1. The Morgan fingerprint density at radius 3 is 2.50 bits per heavy atom. The number of nitrogens with one attached hydrogen (secondary N) is 1. The molecule has 0 fully saturated rings. The van der Waals surface area contributed by atoms with Crippen molar-refractivity contribution in [1.29, 1.82) is 0 Å². The van der Waals surface area contributed by atoms with E-state index in [0.717, 1.165) is 4.31 Å². The molecule has 0 radical (unpaired) electrons. The minimum Gasteiger partial charge on any atom is -0.494 e. The predicted molar refractivity (Wildman–Crippen MR) is 89.2 cm³/mol. The second kappa shape index (κ2) is 7.14. The SMILES string of the molecule is CN(C)S(=O)(=O)c1ccc(-c2nnc(NC(=O)C3=COCCO3)o2)cc1. The minimum absolute atomic E-state index is 0.00856. The van der Waals surface area contributed by atoms with E-state index in [1.165, 1.54) is 44.6 Å². The van der Waals surface area contributed by atoms with E-state index in [1.807, 2.05) is 0 Å². The molecule has 0 spiro atoms. The smallest absolute Gasteiger partial charge is 0.322 e. The van der Waals surface area contributed by atoms with Crippen LogP contribution in [0.2, 0.25) is 0 Å². The Morgan fingerprint density at radius 2 is 1.88 bits per heavy atom. The molecule has 11 heteroatoms. The monoisotopic (exact) mass is 380 g/mol. The molecule has 0 aliphatic carbocycles. The molecule has 1 amide bonds. The molecule has 0 unspecified atom stereocenters. The van der Waals surface area contributed by atoms with Crippen molar-refractivity contribution in [2.75, 3.05) is 32.6 Å². The molecule has 1 N–H and O–H groups in total. The maximum atomic E-state index is 12.1. The highest BCUT2D eigenvalue weighted by Gasteiger charge is 2.20. The summed E-state index contributed by atoms with van der Waals surface area (Å²) < 4.78 is 40.7. The fraction of sp³-hybridized carbons (Fsp3) is 0.267. The lowest BCUT2D eigenvalue weighted by Crippen LogP contribution is -2.22. The van der Waals surface area contributed by atoms with Crippen LogP contribution in [0, 0.1) is 0 Å². The molecule has 3 rings (SSSR count). The number of carbonyl (C=O) groups excluding carboxylic acids is 1. The van der Waals surface area contributed by atoms with Gasteiger partial charge in [-0.25, -0.2) is 12.7 Å². The van der Waals surface area contributed by atoms with Gasteiger partial charge in [0, 0.05) is 19.7 Å². The number of rotatable bonds is 5. The first kappa shape index (κ1) is 17.9. The highest BCUT2D eigenvalue weighted by molar-refractivity contribution is 7.89. The molecule has 138 valence electrons. The number of amides is 1. The van der Waals surface area contributed by atoms with E-state index in [9.17, 15) is 13.2 Å². The Bertz CT molecular complexity index is 933. The summed E-state index contributed by atoms with van der Waals surface area (Å²) >= 11 is 0. The van der Waals surface area contributed by atoms with Gasteiger partial charge in [-0.2, -0.15) is 0 Å². The van der Waals surface area contributed by atoms with Gasteiger partial charge in [0.05, 0.1) is 4.90 Å². The van der Waals surface area contributed by atoms with E-state index in [-0.39, 0.29) is 29.2 Å². The van der Waals surface area contributed by atoms with Gasteiger partial charge in [-0.1, -0.05) is 5.10 Å². The molecular formula is C15H16N4O6S. The van der Waals surface area contributed by atoms with E-state index in [0.29, 0.717) is 12.2 Å². The Labute approximate surface area is 149 Å². The Balaban J connectivity index is 1.73. The molecule has 0 saturated carbocycles. The van der Waals surface area contributed by atoms with Crippen molar-refractivity contribution in [1.82, 2.24) is 14.5 Å². The average molecular weight is 380 g/mol. The van der Waals surface area contributed by atoms with Gasteiger partial charge in [0.2, 0.25) is 21.7 Å². The molecule has 10 nitrogen and oxygen atoms in total. The first-order valence-corrected chi connectivity index (χ1v) is 8.94. The Kier molecular flexibility index (Phi) is 4.91. The third kappa shape index (κ3) is 3.68. The van der Waals surface area contributed by atoms with Crippen LogP contribution in [0.15, 0.2) is 45.6 Å². The number of hydrogen-bond donors (Lipinski definition) is 1. The zero-order chi connectivity index (χ0) is 18.7. The van der Waals surface area contributed by atoms with Crippen molar-refractivity contribution in [2.45, 2.75) is 4.90 Å². The van der Waals surface area contributed by atoms with Gasteiger partial charge < -0.3 is 13.9 Å². The van der Waals surface area contributed by atoms with Crippen LogP contribution in [0.1, 0.15) is 0 Å². The molecule has 2 aromatic rings. The van der Waals surface area contributed by atoms with Crippen molar-refractivity contribution in [3.63, 3.8) is 0 Å². The van der Waals surface area contributed by atoms with Crippen LogP contribution in [0.4, 0.5) is 6.01 Å². The number of sulfonamides is 1. The molecule has 0 bridgehead atoms. The van der Waals surface area contributed by atoms with Gasteiger partial charge in [0.25, 0.3) is 5.91 Å². The lowest BCUT2D eigenvalue weighted by atomic mass is 10.2. The zero-order valence-corrected chi connectivity index (χ0v) is 14.8. The topological polar surface area (TPSA) is 124 Å². The summed E-state index contributed by atoms with van der Waals surface area (Å²) in [5, 5.41) is 9.95. The summed E-state index contributed by atoms with van der Waals surface area (Å²) in [6, 6.07) is 5.83. The molecule has 2 heterocycles. The maximum Gasteiger partial charge on any atom is 0.322 e. The number of aromatic nitrogens is 2. The van der Waals surface area contributed by atoms with E-state index < -0.39 is 15.9 Å². The molecule has 1 aliphatic heterocycles. The van der Waals surface area contributed by atoms with E-state index >= 15 is 0 Å². The maximum absolute atomic E-state index is 12.1. The summed E-state index contributed by atoms with van der Waals surface area (Å²) in [4.78, 5) is 12.1. The van der Waals surface area contributed by atoms with Crippen LogP contribution in [0.5, 0.6) is 0 Å². The van der Waals surface area contributed by atoms with Gasteiger partial charge >= 0.3 is 6.01 Å². The lowest BCUT2D eigenvalue weighted by molar-refractivity contribution is -0.117. The Hall–Kier alpha value is -2.92. The van der Waals surface area contributed by atoms with Crippen LogP contribution in [-0.4, -0.2) is 56.1 Å².